The fraction of sp³-hybridized carbons (Fsp3) is 0.286. The highest BCUT2D eigenvalue weighted by Gasteiger charge is 2.06. The van der Waals surface area contributed by atoms with Gasteiger partial charge in [-0.1, -0.05) is 0 Å². The van der Waals surface area contributed by atoms with Crippen molar-refractivity contribution in [2.75, 3.05) is 18.5 Å². The van der Waals surface area contributed by atoms with Gasteiger partial charge in [-0.25, -0.2) is 0 Å². The van der Waals surface area contributed by atoms with Crippen LogP contribution in [0.1, 0.15) is 11.1 Å². The topological polar surface area (TPSA) is 55.0 Å². The number of hydrogen-bond donors (Lipinski definition) is 1. The lowest BCUT2D eigenvalue weighted by molar-refractivity contribution is 0.861. The lowest BCUT2D eigenvalue weighted by Gasteiger charge is -2.21. The number of rotatable bonds is 5. The Morgan fingerprint density at radius 3 is 2.56 bits per heavy atom. The predicted molar refractivity (Wildman–Crippen MR) is 73.3 cm³/mol. The van der Waals surface area contributed by atoms with E-state index < -0.39 is 0 Å². The molecule has 2 aromatic rings. The van der Waals surface area contributed by atoms with Crippen molar-refractivity contribution in [3.63, 3.8) is 0 Å². The maximum Gasteiger partial charge on any atom is 0.0440 e. The number of anilines is 1. The van der Waals surface area contributed by atoms with E-state index >= 15 is 0 Å². The van der Waals surface area contributed by atoms with E-state index in [1.165, 1.54) is 5.56 Å². The van der Waals surface area contributed by atoms with Crippen LogP contribution in [0.3, 0.4) is 0 Å². The molecule has 0 aliphatic heterocycles. The standard InChI is InChI=1S/C14H18N4/c1-18(9-5-12-2-6-16-7-3-12)14-4-8-17-11-13(14)10-15/h2-4,6-8,11H,5,9-10,15H2,1H3. The number of nitrogens with two attached hydrogens (primary N) is 1. The van der Waals surface area contributed by atoms with E-state index in [4.69, 9.17) is 5.73 Å². The minimum atomic E-state index is 0.517. The molecular formula is C14H18N4. The molecule has 4 heteroatoms. The van der Waals surface area contributed by atoms with Gasteiger partial charge in [0, 0.05) is 56.2 Å². The van der Waals surface area contributed by atoms with Crippen LogP contribution in [0.25, 0.3) is 0 Å². The molecule has 4 nitrogen and oxygen atoms in total. The van der Waals surface area contributed by atoms with E-state index in [9.17, 15) is 0 Å². The average molecular weight is 242 g/mol. The summed E-state index contributed by atoms with van der Waals surface area (Å²) in [6.07, 6.45) is 8.28. The maximum absolute atomic E-state index is 5.72. The zero-order valence-corrected chi connectivity index (χ0v) is 10.6. The monoisotopic (exact) mass is 242 g/mol. The SMILES string of the molecule is CN(CCc1ccncc1)c1ccncc1CN. The van der Waals surface area contributed by atoms with Crippen molar-refractivity contribution in [2.24, 2.45) is 5.73 Å². The molecule has 2 aromatic heterocycles. The third-order valence-electron chi connectivity index (χ3n) is 2.99. The maximum atomic E-state index is 5.72. The van der Waals surface area contributed by atoms with Gasteiger partial charge in [0.2, 0.25) is 0 Å². The number of likely N-dealkylation sites (N-methyl/N-ethyl adjacent to an activating group) is 1. The van der Waals surface area contributed by atoms with Crippen LogP contribution in [-0.2, 0) is 13.0 Å². The number of nitrogens with zero attached hydrogens (tertiary/aromatic N) is 3. The Hall–Kier alpha value is -1.94. The van der Waals surface area contributed by atoms with E-state index in [0.717, 1.165) is 24.2 Å². The van der Waals surface area contributed by atoms with Crippen LogP contribution in [0.2, 0.25) is 0 Å². The van der Waals surface area contributed by atoms with Gasteiger partial charge in [-0.2, -0.15) is 0 Å². The molecule has 0 saturated carbocycles. The molecule has 0 aliphatic rings. The first kappa shape index (κ1) is 12.5. The molecule has 0 spiro atoms. The summed E-state index contributed by atoms with van der Waals surface area (Å²) in [4.78, 5) is 10.3. The average Bonchev–Trinajstić information content (AvgIpc) is 2.45. The Labute approximate surface area is 107 Å². The number of aromatic nitrogens is 2. The van der Waals surface area contributed by atoms with Crippen LogP contribution in [-0.4, -0.2) is 23.6 Å². The molecule has 2 heterocycles. The van der Waals surface area contributed by atoms with Gasteiger partial charge in [0.25, 0.3) is 0 Å². The van der Waals surface area contributed by atoms with E-state index in [1.54, 1.807) is 6.20 Å². The third-order valence-corrected chi connectivity index (χ3v) is 2.99. The first-order chi connectivity index (χ1) is 8.81. The van der Waals surface area contributed by atoms with Gasteiger partial charge in [-0.15, -0.1) is 0 Å². The molecule has 18 heavy (non-hydrogen) atoms. The van der Waals surface area contributed by atoms with Crippen LogP contribution in [0, 0.1) is 0 Å². The van der Waals surface area contributed by atoms with Gasteiger partial charge in [0.15, 0.2) is 0 Å². The second kappa shape index (κ2) is 6.12. The van der Waals surface area contributed by atoms with Crippen molar-refractivity contribution in [3.05, 3.63) is 54.1 Å². The lowest BCUT2D eigenvalue weighted by atomic mass is 10.1. The van der Waals surface area contributed by atoms with Crippen molar-refractivity contribution >= 4 is 5.69 Å². The second-order valence-electron chi connectivity index (χ2n) is 4.24. The first-order valence-corrected chi connectivity index (χ1v) is 6.04. The molecule has 0 aliphatic carbocycles. The Morgan fingerprint density at radius 1 is 1.11 bits per heavy atom. The van der Waals surface area contributed by atoms with Crippen molar-refractivity contribution in [1.29, 1.82) is 0 Å². The Balaban J connectivity index is 2.01. The number of hydrogen-bond acceptors (Lipinski definition) is 4. The molecule has 0 atom stereocenters. The van der Waals surface area contributed by atoms with E-state index in [-0.39, 0.29) is 0 Å². The van der Waals surface area contributed by atoms with E-state index in [1.807, 2.05) is 36.8 Å². The molecule has 0 fully saturated rings. The smallest absolute Gasteiger partial charge is 0.0440 e. The van der Waals surface area contributed by atoms with Crippen LogP contribution in [0.15, 0.2) is 43.0 Å². The van der Waals surface area contributed by atoms with Crippen molar-refractivity contribution in [3.8, 4) is 0 Å². The highest BCUT2D eigenvalue weighted by atomic mass is 15.1. The lowest BCUT2D eigenvalue weighted by Crippen LogP contribution is -2.22. The van der Waals surface area contributed by atoms with Crippen LogP contribution in [0.4, 0.5) is 5.69 Å². The molecule has 94 valence electrons. The summed E-state index contributed by atoms with van der Waals surface area (Å²) in [5.74, 6) is 0. The molecule has 2 N–H and O–H groups in total. The second-order valence-corrected chi connectivity index (χ2v) is 4.24. The van der Waals surface area contributed by atoms with Gasteiger partial charge in [-0.05, 0) is 30.2 Å². The largest absolute Gasteiger partial charge is 0.374 e. The fourth-order valence-electron chi connectivity index (χ4n) is 1.92. The van der Waals surface area contributed by atoms with Crippen molar-refractivity contribution in [2.45, 2.75) is 13.0 Å². The first-order valence-electron chi connectivity index (χ1n) is 6.04. The normalized spacial score (nSPS) is 10.3. The van der Waals surface area contributed by atoms with Crippen molar-refractivity contribution in [1.82, 2.24) is 9.97 Å². The molecule has 0 amide bonds. The molecule has 0 bridgehead atoms. The Kier molecular flexibility index (Phi) is 4.25. The van der Waals surface area contributed by atoms with Crippen LogP contribution >= 0.6 is 0 Å². The van der Waals surface area contributed by atoms with Gasteiger partial charge in [0.1, 0.15) is 0 Å². The fourth-order valence-corrected chi connectivity index (χ4v) is 1.92. The third kappa shape index (κ3) is 3.05. The minimum Gasteiger partial charge on any atom is -0.374 e. The molecule has 2 rings (SSSR count). The summed E-state index contributed by atoms with van der Waals surface area (Å²) >= 11 is 0. The minimum absolute atomic E-state index is 0.517. The Morgan fingerprint density at radius 2 is 1.83 bits per heavy atom. The zero-order chi connectivity index (χ0) is 12.8. The van der Waals surface area contributed by atoms with E-state index in [0.29, 0.717) is 6.54 Å². The molecule has 0 aromatic carbocycles. The van der Waals surface area contributed by atoms with Gasteiger partial charge in [0.05, 0.1) is 0 Å². The predicted octanol–water partition coefficient (Wildman–Crippen LogP) is 1.61. The summed E-state index contributed by atoms with van der Waals surface area (Å²) in [6.45, 7) is 1.46. The summed E-state index contributed by atoms with van der Waals surface area (Å²) in [5.41, 5.74) is 9.25. The summed E-state index contributed by atoms with van der Waals surface area (Å²) < 4.78 is 0. The number of pyridine rings is 2. The highest BCUT2D eigenvalue weighted by Crippen LogP contribution is 2.17. The molecule has 0 saturated heterocycles. The van der Waals surface area contributed by atoms with E-state index in [2.05, 4.69) is 21.9 Å². The quantitative estimate of drug-likeness (QED) is 0.865. The van der Waals surface area contributed by atoms with Crippen LogP contribution in [0.5, 0.6) is 0 Å². The van der Waals surface area contributed by atoms with Gasteiger partial charge in [-0.3, -0.25) is 9.97 Å². The highest BCUT2D eigenvalue weighted by molar-refractivity contribution is 5.51. The molecular weight excluding hydrogens is 224 g/mol. The molecule has 0 unspecified atom stereocenters. The van der Waals surface area contributed by atoms with Crippen molar-refractivity contribution < 1.29 is 0 Å². The van der Waals surface area contributed by atoms with Gasteiger partial charge >= 0.3 is 0 Å². The Bertz CT molecular complexity index is 484. The summed E-state index contributed by atoms with van der Waals surface area (Å²) in [6, 6.07) is 6.10. The van der Waals surface area contributed by atoms with Gasteiger partial charge < -0.3 is 10.6 Å². The summed E-state index contributed by atoms with van der Waals surface area (Å²) in [5, 5.41) is 0. The molecule has 0 radical (unpaired) electrons. The zero-order valence-electron chi connectivity index (χ0n) is 10.6. The van der Waals surface area contributed by atoms with Crippen LogP contribution < -0.4 is 10.6 Å². The summed E-state index contributed by atoms with van der Waals surface area (Å²) in [7, 11) is 2.08.